The van der Waals surface area contributed by atoms with Crippen LogP contribution in [0.3, 0.4) is 0 Å². The Morgan fingerprint density at radius 3 is 2.79 bits per heavy atom. The lowest BCUT2D eigenvalue weighted by Crippen LogP contribution is -2.22. The summed E-state index contributed by atoms with van der Waals surface area (Å²) in [5, 5.41) is 14.6. The second-order valence-electron chi connectivity index (χ2n) is 7.32. The van der Waals surface area contributed by atoms with Gasteiger partial charge in [0.2, 0.25) is 11.8 Å². The Labute approximate surface area is 172 Å². The van der Waals surface area contributed by atoms with E-state index in [1.54, 1.807) is 11.8 Å². The van der Waals surface area contributed by atoms with Crippen LogP contribution in [-0.2, 0) is 0 Å². The van der Waals surface area contributed by atoms with Gasteiger partial charge >= 0.3 is 0 Å². The Kier molecular flexibility index (Phi) is 4.76. The summed E-state index contributed by atoms with van der Waals surface area (Å²) in [5.41, 5.74) is 0.957. The predicted molar refractivity (Wildman–Crippen MR) is 108 cm³/mol. The second kappa shape index (κ2) is 7.40. The molecule has 0 radical (unpaired) electrons. The molecule has 0 bridgehead atoms. The second-order valence-corrected chi connectivity index (χ2v) is 9.06. The molecule has 0 amide bonds. The van der Waals surface area contributed by atoms with Crippen molar-refractivity contribution in [2.45, 2.75) is 48.9 Å². The summed E-state index contributed by atoms with van der Waals surface area (Å²) in [6.07, 6.45) is 4.66. The van der Waals surface area contributed by atoms with Crippen molar-refractivity contribution in [3.63, 3.8) is 0 Å². The molecule has 1 aromatic carbocycles. The summed E-state index contributed by atoms with van der Waals surface area (Å²) in [6.45, 7) is 4.04. The summed E-state index contributed by atoms with van der Waals surface area (Å²) >= 11 is 7.83. The lowest BCUT2D eigenvalue weighted by Gasteiger charge is -2.19. The lowest BCUT2D eigenvalue weighted by molar-refractivity contribution is 0.374. The van der Waals surface area contributed by atoms with Crippen LogP contribution in [0.1, 0.15) is 55.5 Å². The molecule has 1 aliphatic heterocycles. The van der Waals surface area contributed by atoms with Crippen LogP contribution in [0, 0.1) is 0 Å². The molecule has 1 aliphatic carbocycles. The number of benzene rings is 1. The van der Waals surface area contributed by atoms with Crippen molar-refractivity contribution in [3.05, 3.63) is 41.0 Å². The van der Waals surface area contributed by atoms with Gasteiger partial charge in [0.05, 0.1) is 10.9 Å². The van der Waals surface area contributed by atoms with Gasteiger partial charge in [-0.25, -0.2) is 0 Å². The predicted octanol–water partition coefficient (Wildman–Crippen LogP) is 4.63. The summed E-state index contributed by atoms with van der Waals surface area (Å²) in [4.78, 5) is 6.86. The number of rotatable bonds is 6. The van der Waals surface area contributed by atoms with E-state index in [1.165, 1.54) is 12.8 Å². The summed E-state index contributed by atoms with van der Waals surface area (Å²) in [7, 11) is 0. The summed E-state index contributed by atoms with van der Waals surface area (Å²) in [5.74, 6) is 2.80. The Hall–Kier alpha value is -2.06. The number of hydrogen-bond acceptors (Lipinski definition) is 7. The van der Waals surface area contributed by atoms with Crippen molar-refractivity contribution in [3.8, 4) is 5.69 Å². The zero-order valence-electron chi connectivity index (χ0n) is 15.6. The van der Waals surface area contributed by atoms with E-state index in [2.05, 4.69) is 36.7 Å². The molecule has 0 spiro atoms. The van der Waals surface area contributed by atoms with E-state index >= 15 is 0 Å². The monoisotopic (exact) mass is 416 g/mol. The van der Waals surface area contributed by atoms with Crippen LogP contribution in [-0.4, -0.2) is 38.0 Å². The van der Waals surface area contributed by atoms with E-state index in [0.29, 0.717) is 16.8 Å². The molecule has 1 saturated carbocycles. The number of aromatic nitrogens is 5. The van der Waals surface area contributed by atoms with Gasteiger partial charge in [-0.15, -0.1) is 10.2 Å². The first-order valence-electron chi connectivity index (χ1n) is 9.65. The fraction of sp³-hybridized carbons (Fsp3) is 0.474. The van der Waals surface area contributed by atoms with Crippen molar-refractivity contribution >= 4 is 29.3 Å². The van der Waals surface area contributed by atoms with Crippen LogP contribution in [0.15, 0.2) is 33.9 Å². The fourth-order valence-electron chi connectivity index (χ4n) is 3.43. The maximum atomic E-state index is 6.26. The summed E-state index contributed by atoms with van der Waals surface area (Å²) in [6, 6.07) is 7.79. The third-order valence-electron chi connectivity index (χ3n) is 5.10. The first-order valence-corrected chi connectivity index (χ1v) is 10.9. The van der Waals surface area contributed by atoms with Gasteiger partial charge in [0, 0.05) is 24.0 Å². The molecular formula is C19H21ClN6OS. The quantitative estimate of drug-likeness (QED) is 0.542. The number of thioether (sulfide) groups is 1. The smallest absolute Gasteiger partial charge is 0.239 e. The van der Waals surface area contributed by atoms with Gasteiger partial charge in [0.25, 0.3) is 0 Å². The first-order chi connectivity index (χ1) is 13.7. The van der Waals surface area contributed by atoms with Crippen molar-refractivity contribution in [2.75, 3.05) is 18.0 Å². The number of halogens is 1. The van der Waals surface area contributed by atoms with Gasteiger partial charge in [-0.1, -0.05) is 34.6 Å². The molecule has 146 valence electrons. The average molecular weight is 417 g/mol. The number of anilines is 1. The van der Waals surface area contributed by atoms with Gasteiger partial charge < -0.3 is 9.42 Å². The van der Waals surface area contributed by atoms with E-state index < -0.39 is 0 Å². The van der Waals surface area contributed by atoms with Crippen LogP contribution < -0.4 is 4.90 Å². The molecule has 0 N–H and O–H groups in total. The lowest BCUT2D eigenvalue weighted by atomic mass is 10.3. The van der Waals surface area contributed by atoms with Crippen molar-refractivity contribution in [1.29, 1.82) is 0 Å². The maximum absolute atomic E-state index is 6.26. The standard InChI is InChI=1S/C19H21ClN6OS/c1-12(17-21-16(24-27-17)13-7-8-13)28-19-23-22-18(25-9-2-3-10-25)26(19)15-6-4-5-14(20)11-15/h4-6,11-13H,2-3,7-10H2,1H3. The molecular weight excluding hydrogens is 396 g/mol. The van der Waals surface area contributed by atoms with Crippen LogP contribution in [0.25, 0.3) is 5.69 Å². The Bertz CT molecular complexity index is 978. The van der Waals surface area contributed by atoms with E-state index in [9.17, 15) is 0 Å². The van der Waals surface area contributed by atoms with Gasteiger partial charge in [-0.05, 0) is 50.8 Å². The Morgan fingerprint density at radius 2 is 2.04 bits per heavy atom. The Morgan fingerprint density at radius 1 is 1.21 bits per heavy atom. The molecule has 5 rings (SSSR count). The minimum Gasteiger partial charge on any atom is -0.341 e. The molecule has 9 heteroatoms. The molecule has 1 saturated heterocycles. The largest absolute Gasteiger partial charge is 0.341 e. The first kappa shape index (κ1) is 18.0. The average Bonchev–Trinajstić information content (AvgIpc) is 3.12. The van der Waals surface area contributed by atoms with Crippen LogP contribution in [0.2, 0.25) is 5.02 Å². The molecule has 2 fully saturated rings. The highest BCUT2D eigenvalue weighted by Crippen LogP contribution is 2.41. The number of hydrogen-bond donors (Lipinski definition) is 0. The van der Waals surface area contributed by atoms with Crippen molar-refractivity contribution < 1.29 is 4.52 Å². The third kappa shape index (κ3) is 3.51. The zero-order chi connectivity index (χ0) is 19.1. The van der Waals surface area contributed by atoms with E-state index in [1.807, 2.05) is 24.3 Å². The topological polar surface area (TPSA) is 72.9 Å². The van der Waals surface area contributed by atoms with Crippen LogP contribution >= 0.6 is 23.4 Å². The molecule has 7 nitrogen and oxygen atoms in total. The minimum atomic E-state index is -0.0198. The molecule has 1 atom stereocenters. The van der Waals surface area contributed by atoms with Gasteiger partial charge in [0.15, 0.2) is 11.0 Å². The molecule has 3 heterocycles. The molecule has 2 aliphatic rings. The SMILES string of the molecule is CC(Sc1nnc(N2CCCC2)n1-c1cccc(Cl)c1)c1nc(C2CC2)no1. The van der Waals surface area contributed by atoms with Crippen molar-refractivity contribution in [2.24, 2.45) is 0 Å². The van der Waals surface area contributed by atoms with Gasteiger partial charge in [-0.2, -0.15) is 4.98 Å². The summed E-state index contributed by atoms with van der Waals surface area (Å²) < 4.78 is 7.58. The number of nitrogens with zero attached hydrogens (tertiary/aromatic N) is 6. The van der Waals surface area contributed by atoms with Gasteiger partial charge in [-0.3, -0.25) is 4.57 Å². The zero-order valence-corrected chi connectivity index (χ0v) is 17.2. The van der Waals surface area contributed by atoms with E-state index in [4.69, 9.17) is 16.1 Å². The van der Waals surface area contributed by atoms with Crippen molar-refractivity contribution in [1.82, 2.24) is 24.9 Å². The minimum absolute atomic E-state index is 0.0198. The molecule has 3 aromatic rings. The normalized spacial score (nSPS) is 18.0. The highest BCUT2D eigenvalue weighted by Gasteiger charge is 2.30. The van der Waals surface area contributed by atoms with Gasteiger partial charge in [0.1, 0.15) is 0 Å². The highest BCUT2D eigenvalue weighted by atomic mass is 35.5. The van der Waals surface area contributed by atoms with Crippen LogP contribution in [0.5, 0.6) is 0 Å². The van der Waals surface area contributed by atoms with E-state index in [0.717, 1.165) is 48.5 Å². The fourth-order valence-corrected chi connectivity index (χ4v) is 4.51. The molecule has 1 unspecified atom stereocenters. The third-order valence-corrected chi connectivity index (χ3v) is 6.37. The van der Waals surface area contributed by atoms with Crippen LogP contribution in [0.4, 0.5) is 5.95 Å². The maximum Gasteiger partial charge on any atom is 0.239 e. The Balaban J connectivity index is 1.47. The van der Waals surface area contributed by atoms with E-state index in [-0.39, 0.29) is 5.25 Å². The molecule has 28 heavy (non-hydrogen) atoms. The molecule has 2 aromatic heterocycles. The highest BCUT2D eigenvalue weighted by molar-refractivity contribution is 7.99.